The van der Waals surface area contributed by atoms with E-state index in [4.69, 9.17) is 0 Å². The number of hydrogen-bond donors (Lipinski definition) is 0. The highest BCUT2D eigenvalue weighted by Crippen LogP contribution is 2.29. The van der Waals surface area contributed by atoms with E-state index in [2.05, 4.69) is 6.08 Å². The molecule has 3 nitrogen and oxygen atoms in total. The molecule has 1 aliphatic carbocycles. The number of non-ortho nitro benzene ring substituents is 1. The van der Waals surface area contributed by atoms with Crippen LogP contribution in [0, 0.1) is 10.1 Å². The van der Waals surface area contributed by atoms with Crippen molar-refractivity contribution in [2.75, 3.05) is 0 Å². The average molecular weight is 189 g/mol. The monoisotopic (exact) mass is 189 g/mol. The Balaban J connectivity index is 2.34. The van der Waals surface area contributed by atoms with Crippen LogP contribution in [0.4, 0.5) is 5.69 Å². The average Bonchev–Trinajstić information content (AvgIpc) is 2.71. The summed E-state index contributed by atoms with van der Waals surface area (Å²) in [5.74, 6) is 0. The third kappa shape index (κ3) is 1.66. The zero-order chi connectivity index (χ0) is 9.97. The lowest BCUT2D eigenvalue weighted by Gasteiger charge is -2.00. The topological polar surface area (TPSA) is 43.1 Å². The molecule has 14 heavy (non-hydrogen) atoms. The number of nitrogens with zero attached hydrogens (tertiary/aromatic N) is 1. The second-order valence-electron chi connectivity index (χ2n) is 3.43. The Kier molecular flexibility index (Phi) is 2.31. The van der Waals surface area contributed by atoms with E-state index in [-0.39, 0.29) is 10.6 Å². The molecule has 1 aliphatic rings. The molecule has 0 unspecified atom stereocenters. The summed E-state index contributed by atoms with van der Waals surface area (Å²) in [7, 11) is 0. The predicted octanol–water partition coefficient (Wildman–Crippen LogP) is 3.16. The third-order valence-electron chi connectivity index (χ3n) is 2.47. The van der Waals surface area contributed by atoms with Gasteiger partial charge < -0.3 is 0 Å². The molecule has 0 N–H and O–H groups in total. The summed E-state index contributed by atoms with van der Waals surface area (Å²) in [5, 5.41) is 10.6. The Labute approximate surface area is 82.2 Å². The molecule has 0 amide bonds. The van der Waals surface area contributed by atoms with Gasteiger partial charge in [-0.05, 0) is 30.4 Å². The highest BCUT2D eigenvalue weighted by atomic mass is 16.6. The number of hydrogen-bond acceptors (Lipinski definition) is 2. The second-order valence-corrected chi connectivity index (χ2v) is 3.43. The fraction of sp³-hybridized carbons (Fsp3) is 0.273. The highest BCUT2D eigenvalue weighted by molar-refractivity contribution is 5.68. The van der Waals surface area contributed by atoms with Crippen molar-refractivity contribution in [3.63, 3.8) is 0 Å². The second kappa shape index (κ2) is 3.62. The molecule has 0 heterocycles. The summed E-state index contributed by atoms with van der Waals surface area (Å²) < 4.78 is 0. The summed E-state index contributed by atoms with van der Waals surface area (Å²) in [5.41, 5.74) is 2.42. The SMILES string of the molecule is O=[N+]([O-])c1cccc(C2=CCCC2)c1. The standard InChI is InChI=1S/C11H11NO2/c13-12(14)11-7-3-6-10(8-11)9-4-1-2-5-9/h3-4,6-8H,1-2,5H2. The summed E-state index contributed by atoms with van der Waals surface area (Å²) >= 11 is 0. The zero-order valence-corrected chi connectivity index (χ0v) is 7.77. The van der Waals surface area contributed by atoms with Crippen LogP contribution in [0.1, 0.15) is 24.8 Å². The fourth-order valence-electron chi connectivity index (χ4n) is 1.75. The van der Waals surface area contributed by atoms with Crippen molar-refractivity contribution in [1.82, 2.24) is 0 Å². The smallest absolute Gasteiger partial charge is 0.258 e. The van der Waals surface area contributed by atoms with Gasteiger partial charge in [0.25, 0.3) is 5.69 Å². The predicted molar refractivity (Wildman–Crippen MR) is 54.9 cm³/mol. The molecule has 0 spiro atoms. The van der Waals surface area contributed by atoms with E-state index in [9.17, 15) is 10.1 Å². The maximum absolute atomic E-state index is 10.6. The van der Waals surface area contributed by atoms with Gasteiger partial charge in [0.2, 0.25) is 0 Å². The minimum absolute atomic E-state index is 0.176. The Morgan fingerprint density at radius 2 is 2.21 bits per heavy atom. The van der Waals surface area contributed by atoms with Gasteiger partial charge in [0.15, 0.2) is 0 Å². The number of nitro groups is 1. The van der Waals surface area contributed by atoms with Gasteiger partial charge in [-0.2, -0.15) is 0 Å². The van der Waals surface area contributed by atoms with Gasteiger partial charge in [0.1, 0.15) is 0 Å². The first-order valence-electron chi connectivity index (χ1n) is 4.71. The van der Waals surface area contributed by atoms with Crippen molar-refractivity contribution in [3.8, 4) is 0 Å². The molecule has 3 heteroatoms. The van der Waals surface area contributed by atoms with Crippen LogP contribution in [0.2, 0.25) is 0 Å². The molecule has 2 rings (SSSR count). The van der Waals surface area contributed by atoms with Crippen LogP contribution < -0.4 is 0 Å². The molecule has 0 aliphatic heterocycles. The Morgan fingerprint density at radius 3 is 2.86 bits per heavy atom. The van der Waals surface area contributed by atoms with Crippen molar-refractivity contribution >= 4 is 11.3 Å². The van der Waals surface area contributed by atoms with Gasteiger partial charge in [0.05, 0.1) is 4.92 Å². The van der Waals surface area contributed by atoms with Crippen LogP contribution in [0.25, 0.3) is 5.57 Å². The van der Waals surface area contributed by atoms with Crippen LogP contribution in [-0.4, -0.2) is 4.92 Å². The van der Waals surface area contributed by atoms with Gasteiger partial charge in [-0.15, -0.1) is 0 Å². The van der Waals surface area contributed by atoms with Crippen molar-refractivity contribution in [2.45, 2.75) is 19.3 Å². The van der Waals surface area contributed by atoms with Crippen molar-refractivity contribution in [3.05, 3.63) is 46.0 Å². The quantitative estimate of drug-likeness (QED) is 0.529. The molecule has 0 radical (unpaired) electrons. The van der Waals surface area contributed by atoms with Crippen molar-refractivity contribution in [2.24, 2.45) is 0 Å². The minimum Gasteiger partial charge on any atom is -0.258 e. The lowest BCUT2D eigenvalue weighted by molar-refractivity contribution is -0.384. The maximum atomic E-state index is 10.6. The molecule has 0 aromatic heterocycles. The molecule has 0 saturated heterocycles. The first kappa shape index (κ1) is 8.94. The van der Waals surface area contributed by atoms with E-state index in [1.807, 2.05) is 6.07 Å². The zero-order valence-electron chi connectivity index (χ0n) is 7.77. The molecular weight excluding hydrogens is 178 g/mol. The molecule has 1 aromatic rings. The fourth-order valence-corrected chi connectivity index (χ4v) is 1.75. The highest BCUT2D eigenvalue weighted by Gasteiger charge is 2.10. The van der Waals surface area contributed by atoms with Crippen LogP contribution in [0.3, 0.4) is 0 Å². The van der Waals surface area contributed by atoms with E-state index in [1.165, 1.54) is 11.6 Å². The van der Waals surface area contributed by atoms with Crippen molar-refractivity contribution < 1.29 is 4.92 Å². The third-order valence-corrected chi connectivity index (χ3v) is 2.47. The number of benzene rings is 1. The molecule has 1 aromatic carbocycles. The summed E-state index contributed by atoms with van der Waals surface area (Å²) in [6.07, 6.45) is 5.47. The van der Waals surface area contributed by atoms with E-state index in [0.29, 0.717) is 0 Å². The van der Waals surface area contributed by atoms with Crippen LogP contribution in [0.5, 0.6) is 0 Å². The van der Waals surface area contributed by atoms with E-state index in [1.54, 1.807) is 12.1 Å². The summed E-state index contributed by atoms with van der Waals surface area (Å²) in [6.45, 7) is 0. The Bertz CT molecular complexity index is 396. The lowest BCUT2D eigenvalue weighted by Crippen LogP contribution is -1.89. The van der Waals surface area contributed by atoms with Crippen LogP contribution >= 0.6 is 0 Å². The van der Waals surface area contributed by atoms with Crippen LogP contribution in [0.15, 0.2) is 30.3 Å². The summed E-state index contributed by atoms with van der Waals surface area (Å²) in [6, 6.07) is 6.85. The molecule has 72 valence electrons. The Morgan fingerprint density at radius 1 is 1.36 bits per heavy atom. The van der Waals surface area contributed by atoms with Crippen molar-refractivity contribution in [1.29, 1.82) is 0 Å². The molecule has 0 atom stereocenters. The molecule has 0 fully saturated rings. The molecule has 0 bridgehead atoms. The normalized spacial score (nSPS) is 15.3. The van der Waals surface area contributed by atoms with Crippen LogP contribution in [-0.2, 0) is 0 Å². The number of allylic oxidation sites excluding steroid dienone is 2. The number of nitro benzene ring substituents is 1. The summed E-state index contributed by atoms with van der Waals surface area (Å²) in [4.78, 5) is 10.2. The first-order chi connectivity index (χ1) is 6.77. The Hall–Kier alpha value is -1.64. The van der Waals surface area contributed by atoms with E-state index >= 15 is 0 Å². The minimum atomic E-state index is -0.348. The largest absolute Gasteiger partial charge is 0.270 e. The first-order valence-corrected chi connectivity index (χ1v) is 4.71. The van der Waals surface area contributed by atoms with Gasteiger partial charge >= 0.3 is 0 Å². The maximum Gasteiger partial charge on any atom is 0.270 e. The number of rotatable bonds is 2. The van der Waals surface area contributed by atoms with Gasteiger partial charge in [-0.25, -0.2) is 0 Å². The van der Waals surface area contributed by atoms with Gasteiger partial charge in [-0.3, -0.25) is 10.1 Å². The van der Waals surface area contributed by atoms with Gasteiger partial charge in [0, 0.05) is 12.1 Å². The molecule has 0 saturated carbocycles. The van der Waals surface area contributed by atoms with E-state index in [0.717, 1.165) is 24.8 Å². The van der Waals surface area contributed by atoms with Gasteiger partial charge in [-0.1, -0.05) is 18.2 Å². The lowest BCUT2D eigenvalue weighted by atomic mass is 10.1. The molecular formula is C11H11NO2. The van der Waals surface area contributed by atoms with E-state index < -0.39 is 0 Å².